The smallest absolute Gasteiger partial charge is 0.234 e. The predicted octanol–water partition coefficient (Wildman–Crippen LogP) is 4.77. The van der Waals surface area contributed by atoms with Crippen molar-refractivity contribution in [1.82, 2.24) is 30.4 Å². The number of benzene rings is 2. The van der Waals surface area contributed by atoms with E-state index in [1.807, 2.05) is 32.0 Å². The zero-order valence-electron chi connectivity index (χ0n) is 23.4. The Kier molecular flexibility index (Phi) is 10.0. The molecule has 1 aliphatic heterocycles. The summed E-state index contributed by atoms with van der Waals surface area (Å²) in [5.41, 5.74) is 1.34. The molecule has 0 unspecified atom stereocenters. The average molecular weight is 633 g/mol. The normalized spacial score (nSPS) is 15.7. The summed E-state index contributed by atoms with van der Waals surface area (Å²) in [5.74, 6) is 5.23. The van der Waals surface area contributed by atoms with Crippen LogP contribution >= 0.6 is 35.0 Å². The molecule has 9 nitrogen and oxygen atoms in total. The third-order valence-electron chi connectivity index (χ3n) is 6.96. The van der Waals surface area contributed by atoms with Crippen LogP contribution in [0.4, 0.5) is 10.1 Å². The Morgan fingerprint density at radius 3 is 2.79 bits per heavy atom. The van der Waals surface area contributed by atoms with Crippen molar-refractivity contribution in [3.05, 3.63) is 57.3 Å². The van der Waals surface area contributed by atoms with Gasteiger partial charge in [-0.1, -0.05) is 52.9 Å². The molecule has 1 aliphatic carbocycles. The van der Waals surface area contributed by atoms with Crippen LogP contribution in [0.3, 0.4) is 0 Å². The fourth-order valence-electron chi connectivity index (χ4n) is 4.46. The maximum atomic E-state index is 15.1. The number of carbonyl (C=O) groups excluding carboxylic acids is 1. The Morgan fingerprint density at radius 2 is 2.02 bits per heavy atom. The summed E-state index contributed by atoms with van der Waals surface area (Å²) in [4.78, 5) is 15.1. The van der Waals surface area contributed by atoms with Crippen LogP contribution in [0.2, 0.25) is 10.0 Å². The van der Waals surface area contributed by atoms with Crippen LogP contribution < -0.4 is 10.6 Å². The number of ether oxygens (including phenoxy) is 1. The van der Waals surface area contributed by atoms with Crippen LogP contribution in [0.1, 0.15) is 43.7 Å². The summed E-state index contributed by atoms with van der Waals surface area (Å²) < 4.78 is 22.5. The zero-order valence-corrected chi connectivity index (χ0v) is 25.8. The minimum absolute atomic E-state index is 0.0285. The van der Waals surface area contributed by atoms with Crippen LogP contribution in [-0.4, -0.2) is 81.7 Å². The van der Waals surface area contributed by atoms with E-state index in [9.17, 15) is 4.79 Å². The molecule has 13 heteroatoms. The van der Waals surface area contributed by atoms with Crippen molar-refractivity contribution < 1.29 is 13.9 Å². The van der Waals surface area contributed by atoms with E-state index in [0.29, 0.717) is 28.4 Å². The number of nitrogens with one attached hydrogen (secondary N) is 2. The van der Waals surface area contributed by atoms with Gasteiger partial charge in [0, 0.05) is 32.7 Å². The van der Waals surface area contributed by atoms with E-state index in [1.165, 1.54) is 22.4 Å². The zero-order chi connectivity index (χ0) is 29.7. The number of thioether (sulfide) groups is 1. The Hall–Kier alpha value is -2.72. The molecule has 2 aromatic carbocycles. The van der Waals surface area contributed by atoms with Crippen LogP contribution in [0.25, 0.3) is 5.69 Å². The highest BCUT2D eigenvalue weighted by Crippen LogP contribution is 2.41. The number of nitrogens with zero attached hydrogens (tertiary/aromatic N) is 5. The van der Waals surface area contributed by atoms with Gasteiger partial charge in [-0.3, -0.25) is 9.69 Å². The number of halogens is 3. The fraction of sp³-hybridized carbons (Fsp3) is 0.448. The van der Waals surface area contributed by atoms with Crippen molar-refractivity contribution in [2.75, 3.05) is 50.4 Å². The Morgan fingerprint density at radius 1 is 1.24 bits per heavy atom. The van der Waals surface area contributed by atoms with Crippen molar-refractivity contribution in [2.45, 2.75) is 43.4 Å². The lowest BCUT2D eigenvalue weighted by atomic mass is 10.1. The summed E-state index contributed by atoms with van der Waals surface area (Å²) in [6.07, 6.45) is 2.30. The van der Waals surface area contributed by atoms with E-state index >= 15 is 4.39 Å². The summed E-state index contributed by atoms with van der Waals surface area (Å²) in [7, 11) is 0. The van der Waals surface area contributed by atoms with E-state index in [2.05, 4.69) is 42.9 Å². The minimum Gasteiger partial charge on any atom is -0.362 e. The molecule has 42 heavy (non-hydrogen) atoms. The van der Waals surface area contributed by atoms with Crippen molar-refractivity contribution in [2.24, 2.45) is 0 Å². The van der Waals surface area contributed by atoms with Gasteiger partial charge in [0.25, 0.3) is 0 Å². The Labute approximate surface area is 258 Å². The monoisotopic (exact) mass is 631 g/mol. The molecule has 222 valence electrons. The second-order valence-corrected chi connectivity index (χ2v) is 12.4. The van der Waals surface area contributed by atoms with E-state index in [0.717, 1.165) is 57.3 Å². The van der Waals surface area contributed by atoms with Gasteiger partial charge in [0.15, 0.2) is 5.82 Å². The van der Waals surface area contributed by atoms with E-state index in [-0.39, 0.29) is 22.0 Å². The van der Waals surface area contributed by atoms with Gasteiger partial charge in [-0.15, -0.1) is 5.10 Å². The highest BCUT2D eigenvalue weighted by molar-refractivity contribution is 7.99. The quantitative estimate of drug-likeness (QED) is 0.244. The topological polar surface area (TPSA) is 97.2 Å². The SMILES string of the molecule is CC(C)(C#Cc1ccc(NC(=O)CSc2nnnn2-c2cc(C3CC3)ccc2Cl)c(Cl)c1F)OCCN1CCNCC1. The lowest BCUT2D eigenvalue weighted by Gasteiger charge is -2.28. The van der Waals surface area contributed by atoms with Gasteiger partial charge in [0.05, 0.1) is 34.3 Å². The van der Waals surface area contributed by atoms with Gasteiger partial charge in [-0.2, -0.15) is 4.68 Å². The molecule has 2 N–H and O–H groups in total. The first-order valence-electron chi connectivity index (χ1n) is 13.8. The average Bonchev–Trinajstić information content (AvgIpc) is 3.72. The van der Waals surface area contributed by atoms with Gasteiger partial charge >= 0.3 is 0 Å². The van der Waals surface area contributed by atoms with Gasteiger partial charge in [0.1, 0.15) is 10.6 Å². The molecule has 1 saturated heterocycles. The number of hydrogen-bond donors (Lipinski definition) is 2. The van der Waals surface area contributed by atoms with Crippen LogP contribution in [0, 0.1) is 17.7 Å². The van der Waals surface area contributed by atoms with E-state index in [1.54, 1.807) is 0 Å². The minimum atomic E-state index is -0.768. The van der Waals surface area contributed by atoms with Crippen molar-refractivity contribution in [3.8, 4) is 17.5 Å². The van der Waals surface area contributed by atoms with Gasteiger partial charge in [-0.25, -0.2) is 4.39 Å². The molecular weight excluding hydrogens is 600 g/mol. The molecule has 2 aliphatic rings. The number of amides is 1. The number of aromatic nitrogens is 4. The second-order valence-electron chi connectivity index (χ2n) is 10.7. The second kappa shape index (κ2) is 13.7. The first-order chi connectivity index (χ1) is 20.2. The van der Waals surface area contributed by atoms with Crippen LogP contribution in [-0.2, 0) is 9.53 Å². The molecular formula is C29H32Cl2FN7O2S. The summed E-state index contributed by atoms with van der Waals surface area (Å²) in [6.45, 7) is 8.96. The highest BCUT2D eigenvalue weighted by Gasteiger charge is 2.25. The van der Waals surface area contributed by atoms with Crippen molar-refractivity contribution in [3.63, 3.8) is 0 Å². The fourth-order valence-corrected chi connectivity index (χ4v) is 5.55. The first kappa shape index (κ1) is 30.7. The molecule has 0 radical (unpaired) electrons. The molecule has 0 bridgehead atoms. The number of anilines is 1. The van der Waals surface area contributed by atoms with Crippen LogP contribution in [0.5, 0.6) is 0 Å². The Balaban J connectivity index is 1.17. The third-order valence-corrected chi connectivity index (χ3v) is 8.56. The maximum absolute atomic E-state index is 15.1. The number of piperazine rings is 1. The number of carbonyl (C=O) groups is 1. The summed E-state index contributed by atoms with van der Waals surface area (Å²) in [5, 5.41) is 18.5. The van der Waals surface area contributed by atoms with Crippen molar-refractivity contribution >= 4 is 46.6 Å². The number of rotatable bonds is 10. The predicted molar refractivity (Wildman–Crippen MR) is 163 cm³/mol. The Bertz CT molecular complexity index is 1500. The lowest BCUT2D eigenvalue weighted by molar-refractivity contribution is -0.113. The molecule has 1 amide bonds. The molecule has 1 saturated carbocycles. The molecule has 0 atom stereocenters. The molecule has 3 aromatic rings. The summed E-state index contributed by atoms with van der Waals surface area (Å²) in [6, 6.07) is 8.85. The third kappa shape index (κ3) is 8.01. The van der Waals surface area contributed by atoms with Gasteiger partial charge in [0.2, 0.25) is 11.1 Å². The molecule has 2 fully saturated rings. The van der Waals surface area contributed by atoms with E-state index in [4.69, 9.17) is 27.9 Å². The lowest BCUT2D eigenvalue weighted by Crippen LogP contribution is -2.45. The van der Waals surface area contributed by atoms with Gasteiger partial charge in [-0.05, 0) is 72.9 Å². The van der Waals surface area contributed by atoms with E-state index < -0.39 is 17.3 Å². The molecule has 0 spiro atoms. The van der Waals surface area contributed by atoms with Crippen molar-refractivity contribution in [1.29, 1.82) is 0 Å². The number of hydrogen-bond acceptors (Lipinski definition) is 8. The van der Waals surface area contributed by atoms with Gasteiger partial charge < -0.3 is 15.4 Å². The number of tetrazole rings is 1. The first-order valence-corrected chi connectivity index (χ1v) is 15.5. The largest absolute Gasteiger partial charge is 0.362 e. The summed E-state index contributed by atoms with van der Waals surface area (Å²) >= 11 is 13.8. The highest BCUT2D eigenvalue weighted by atomic mass is 35.5. The molecule has 2 heterocycles. The molecule has 5 rings (SSSR count). The molecule has 1 aromatic heterocycles. The maximum Gasteiger partial charge on any atom is 0.234 e. The standard InChI is InChI=1S/C29H32Cl2FN7O2S/c1-29(2,41-16-15-38-13-11-33-12-14-38)10-9-20-6-8-23(26(31)27(20)32)34-25(40)18-42-28-35-36-37-39(28)24-17-21(19-3-4-19)5-7-22(24)30/h5-8,17,19,33H,3-4,11-16,18H2,1-2H3,(H,34,40). The van der Waals surface area contributed by atoms with Crippen LogP contribution in [0.15, 0.2) is 35.5 Å².